The summed E-state index contributed by atoms with van der Waals surface area (Å²) in [6.07, 6.45) is 9.50. The fourth-order valence-electron chi connectivity index (χ4n) is 3.83. The van der Waals surface area contributed by atoms with Gasteiger partial charge in [-0.05, 0) is 25.2 Å². The van der Waals surface area contributed by atoms with Crippen LogP contribution in [0.4, 0.5) is 5.95 Å². The molecule has 0 aromatic carbocycles. The summed E-state index contributed by atoms with van der Waals surface area (Å²) < 4.78 is 0. The lowest BCUT2D eigenvalue weighted by molar-refractivity contribution is 0.0778. The van der Waals surface area contributed by atoms with Crippen LogP contribution in [-0.2, 0) is 0 Å². The molecule has 2 heterocycles. The fourth-order valence-corrected chi connectivity index (χ4v) is 3.83. The Labute approximate surface area is 125 Å². The third-order valence-electron chi connectivity index (χ3n) is 5.06. The normalized spacial score (nSPS) is 23.5. The molecular formula is C16H24N4O. The van der Waals surface area contributed by atoms with Gasteiger partial charge in [-0.3, -0.25) is 4.79 Å². The second-order valence-corrected chi connectivity index (χ2v) is 6.43. The Balaban J connectivity index is 1.66. The molecule has 3 rings (SSSR count). The number of amides is 1. The Hall–Kier alpha value is -1.65. The van der Waals surface area contributed by atoms with E-state index in [1.54, 1.807) is 6.20 Å². The summed E-state index contributed by atoms with van der Waals surface area (Å²) >= 11 is 0. The first-order valence-electron chi connectivity index (χ1n) is 8.03. The molecule has 1 atom stereocenters. The van der Waals surface area contributed by atoms with Crippen LogP contribution < -0.4 is 5.73 Å². The number of likely N-dealkylation sites (tertiary alicyclic amines) is 1. The molecule has 5 heteroatoms. The summed E-state index contributed by atoms with van der Waals surface area (Å²) in [4.78, 5) is 22.6. The highest BCUT2D eigenvalue weighted by Crippen LogP contribution is 2.35. The summed E-state index contributed by atoms with van der Waals surface area (Å²) in [5, 5.41) is 0. The molecule has 1 saturated carbocycles. The van der Waals surface area contributed by atoms with E-state index < -0.39 is 0 Å². The van der Waals surface area contributed by atoms with Crippen LogP contribution in [0, 0.1) is 18.8 Å². The van der Waals surface area contributed by atoms with E-state index in [1.165, 1.54) is 32.1 Å². The zero-order valence-electron chi connectivity index (χ0n) is 12.7. The number of nitrogens with two attached hydrogens (primary N) is 1. The molecule has 0 radical (unpaired) electrons. The molecule has 1 unspecified atom stereocenters. The molecule has 1 aliphatic heterocycles. The van der Waals surface area contributed by atoms with Gasteiger partial charge in [0.1, 0.15) is 0 Å². The highest BCUT2D eigenvalue weighted by atomic mass is 16.2. The second-order valence-electron chi connectivity index (χ2n) is 6.43. The van der Waals surface area contributed by atoms with Crippen molar-refractivity contribution in [2.24, 2.45) is 11.8 Å². The monoisotopic (exact) mass is 288 g/mol. The lowest BCUT2D eigenvalue weighted by atomic mass is 9.80. The first kappa shape index (κ1) is 14.3. The minimum Gasteiger partial charge on any atom is -0.368 e. The van der Waals surface area contributed by atoms with Gasteiger partial charge in [0.05, 0.1) is 11.3 Å². The van der Waals surface area contributed by atoms with E-state index in [0.717, 1.165) is 25.4 Å². The smallest absolute Gasteiger partial charge is 0.257 e. The predicted molar refractivity (Wildman–Crippen MR) is 81.8 cm³/mol. The minimum absolute atomic E-state index is 0.0609. The number of anilines is 1. The Morgan fingerprint density at radius 3 is 2.71 bits per heavy atom. The summed E-state index contributed by atoms with van der Waals surface area (Å²) in [5.41, 5.74) is 6.82. The standard InChI is InChI=1S/C16H24N4O/c1-11-14(9-18-16(17)19-11)15(21)20-8-7-13(10-20)12-5-3-2-4-6-12/h9,12-13H,2-8,10H2,1H3,(H2,17,18,19). The summed E-state index contributed by atoms with van der Waals surface area (Å²) in [6.45, 7) is 3.58. The van der Waals surface area contributed by atoms with Gasteiger partial charge in [-0.15, -0.1) is 0 Å². The lowest BCUT2D eigenvalue weighted by Crippen LogP contribution is -2.31. The molecule has 1 saturated heterocycles. The Bertz CT molecular complexity index is 525. The highest BCUT2D eigenvalue weighted by molar-refractivity contribution is 5.95. The zero-order valence-corrected chi connectivity index (χ0v) is 12.7. The number of aromatic nitrogens is 2. The number of carbonyl (C=O) groups excluding carboxylic acids is 1. The van der Waals surface area contributed by atoms with Crippen molar-refractivity contribution in [3.8, 4) is 0 Å². The first-order valence-corrected chi connectivity index (χ1v) is 8.03. The van der Waals surface area contributed by atoms with Gasteiger partial charge in [0.25, 0.3) is 5.91 Å². The number of carbonyl (C=O) groups is 1. The number of nitrogens with zero attached hydrogens (tertiary/aromatic N) is 3. The quantitative estimate of drug-likeness (QED) is 0.907. The van der Waals surface area contributed by atoms with Crippen molar-refractivity contribution in [3.05, 3.63) is 17.5 Å². The Morgan fingerprint density at radius 2 is 2.00 bits per heavy atom. The molecule has 1 aromatic rings. The molecule has 2 fully saturated rings. The first-order chi connectivity index (χ1) is 10.1. The Morgan fingerprint density at radius 1 is 1.24 bits per heavy atom. The van der Waals surface area contributed by atoms with Crippen LogP contribution in [0.25, 0.3) is 0 Å². The van der Waals surface area contributed by atoms with Gasteiger partial charge in [0.2, 0.25) is 5.95 Å². The average molecular weight is 288 g/mol. The van der Waals surface area contributed by atoms with Gasteiger partial charge in [-0.25, -0.2) is 9.97 Å². The van der Waals surface area contributed by atoms with Crippen molar-refractivity contribution in [1.29, 1.82) is 0 Å². The molecule has 0 bridgehead atoms. The predicted octanol–water partition coefficient (Wildman–Crippen LogP) is 2.41. The Kier molecular flexibility index (Phi) is 4.08. The van der Waals surface area contributed by atoms with Crippen LogP contribution in [0.3, 0.4) is 0 Å². The summed E-state index contributed by atoms with van der Waals surface area (Å²) in [6, 6.07) is 0. The maximum absolute atomic E-state index is 12.6. The van der Waals surface area contributed by atoms with Gasteiger partial charge < -0.3 is 10.6 Å². The molecule has 2 N–H and O–H groups in total. The lowest BCUT2D eigenvalue weighted by Gasteiger charge is -2.27. The van der Waals surface area contributed by atoms with Crippen LogP contribution in [-0.4, -0.2) is 33.9 Å². The van der Waals surface area contributed by atoms with E-state index in [4.69, 9.17) is 5.73 Å². The van der Waals surface area contributed by atoms with Gasteiger partial charge in [-0.1, -0.05) is 32.1 Å². The van der Waals surface area contributed by atoms with Gasteiger partial charge in [0.15, 0.2) is 0 Å². The molecule has 5 nitrogen and oxygen atoms in total. The van der Waals surface area contributed by atoms with Crippen LogP contribution in [0.1, 0.15) is 54.6 Å². The van der Waals surface area contributed by atoms with Crippen molar-refractivity contribution >= 4 is 11.9 Å². The largest absolute Gasteiger partial charge is 0.368 e. The molecular weight excluding hydrogens is 264 g/mol. The van der Waals surface area contributed by atoms with Crippen LogP contribution >= 0.6 is 0 Å². The number of nitrogen functional groups attached to an aromatic ring is 1. The SMILES string of the molecule is Cc1nc(N)ncc1C(=O)N1CCC(C2CCCCC2)C1. The minimum atomic E-state index is 0.0609. The third kappa shape index (κ3) is 3.01. The number of hydrogen-bond acceptors (Lipinski definition) is 4. The average Bonchev–Trinajstić information content (AvgIpc) is 2.97. The van der Waals surface area contributed by atoms with Crippen molar-refractivity contribution in [2.75, 3.05) is 18.8 Å². The van der Waals surface area contributed by atoms with Crippen molar-refractivity contribution in [1.82, 2.24) is 14.9 Å². The molecule has 21 heavy (non-hydrogen) atoms. The van der Waals surface area contributed by atoms with E-state index >= 15 is 0 Å². The number of rotatable bonds is 2. The fraction of sp³-hybridized carbons (Fsp3) is 0.688. The number of aryl methyl sites for hydroxylation is 1. The van der Waals surface area contributed by atoms with Crippen LogP contribution in [0.15, 0.2) is 6.20 Å². The molecule has 2 aliphatic rings. The molecule has 1 aromatic heterocycles. The van der Waals surface area contributed by atoms with Gasteiger partial charge >= 0.3 is 0 Å². The summed E-state index contributed by atoms with van der Waals surface area (Å²) in [5.74, 6) is 1.79. The maximum Gasteiger partial charge on any atom is 0.257 e. The molecule has 1 aliphatic carbocycles. The topological polar surface area (TPSA) is 72.1 Å². The maximum atomic E-state index is 12.6. The van der Waals surface area contributed by atoms with Gasteiger partial charge in [0, 0.05) is 19.3 Å². The van der Waals surface area contributed by atoms with Gasteiger partial charge in [-0.2, -0.15) is 0 Å². The van der Waals surface area contributed by atoms with E-state index in [1.807, 2.05) is 11.8 Å². The summed E-state index contributed by atoms with van der Waals surface area (Å²) in [7, 11) is 0. The van der Waals surface area contributed by atoms with E-state index in [0.29, 0.717) is 17.2 Å². The highest BCUT2D eigenvalue weighted by Gasteiger charge is 2.33. The van der Waals surface area contributed by atoms with E-state index in [9.17, 15) is 4.79 Å². The molecule has 1 amide bonds. The van der Waals surface area contributed by atoms with Crippen molar-refractivity contribution in [2.45, 2.75) is 45.4 Å². The second kappa shape index (κ2) is 6.00. The van der Waals surface area contributed by atoms with E-state index in [2.05, 4.69) is 9.97 Å². The third-order valence-corrected chi connectivity index (χ3v) is 5.06. The molecule has 114 valence electrons. The van der Waals surface area contributed by atoms with Crippen molar-refractivity contribution < 1.29 is 4.79 Å². The zero-order chi connectivity index (χ0) is 14.8. The van der Waals surface area contributed by atoms with Crippen LogP contribution in [0.2, 0.25) is 0 Å². The van der Waals surface area contributed by atoms with Crippen molar-refractivity contribution in [3.63, 3.8) is 0 Å². The molecule has 0 spiro atoms. The number of hydrogen-bond donors (Lipinski definition) is 1. The van der Waals surface area contributed by atoms with E-state index in [-0.39, 0.29) is 11.9 Å². The van der Waals surface area contributed by atoms with Crippen LogP contribution in [0.5, 0.6) is 0 Å².